The summed E-state index contributed by atoms with van der Waals surface area (Å²) < 4.78 is 0. The smallest absolute Gasteiger partial charge is 0.0383 e. The van der Waals surface area contributed by atoms with Gasteiger partial charge in [0.15, 0.2) is 0 Å². The molecule has 0 heterocycles. The second-order valence-corrected chi connectivity index (χ2v) is 11.5. The number of rotatable bonds is 4. The lowest BCUT2D eigenvalue weighted by Crippen LogP contribution is -2.17. The van der Waals surface area contributed by atoms with Gasteiger partial charge in [0.25, 0.3) is 0 Å². The van der Waals surface area contributed by atoms with Crippen LogP contribution in [0.3, 0.4) is 0 Å². The maximum atomic E-state index is 2.30. The van der Waals surface area contributed by atoms with Gasteiger partial charge in [-0.3, -0.25) is 0 Å². The minimum absolute atomic E-state index is 1.10. The Balaban J connectivity index is 0.000000224. The molecular weight excluding hydrogens is 348 g/mol. The van der Waals surface area contributed by atoms with Crippen molar-refractivity contribution in [2.75, 3.05) is 0 Å². The molecule has 0 aliphatic heterocycles. The van der Waals surface area contributed by atoms with Gasteiger partial charge in [-0.15, -0.1) is 0 Å². The van der Waals surface area contributed by atoms with E-state index >= 15 is 0 Å². The summed E-state index contributed by atoms with van der Waals surface area (Å²) in [4.78, 5) is 0. The van der Waals surface area contributed by atoms with Gasteiger partial charge in [-0.05, 0) is 48.9 Å². The van der Waals surface area contributed by atoms with Gasteiger partial charge in [-0.1, -0.05) is 135 Å². The summed E-state index contributed by atoms with van der Waals surface area (Å²) in [5.74, 6) is 5.60. The summed E-state index contributed by atoms with van der Waals surface area (Å²) in [5, 5.41) is 0. The predicted molar refractivity (Wildman–Crippen MR) is 129 cm³/mol. The Labute approximate surface area is 184 Å². The number of hydrogen-bond acceptors (Lipinski definition) is 0. The molecule has 0 aromatic heterocycles. The molecule has 0 amide bonds. The SMILES string of the molecule is C1CCCCC(C2CCC(C3CCCCC3)C2)CCC1.CCCC1CCCCC1. The normalized spacial score (nSPS) is 31.3. The first-order chi connectivity index (χ1) is 14.4. The van der Waals surface area contributed by atoms with Crippen molar-refractivity contribution in [1.82, 2.24) is 0 Å². The Bertz CT molecular complexity index is 374. The molecule has 0 saturated heterocycles. The zero-order valence-corrected chi connectivity index (χ0v) is 20.2. The molecule has 4 aliphatic rings. The van der Waals surface area contributed by atoms with E-state index in [9.17, 15) is 0 Å². The van der Waals surface area contributed by atoms with Gasteiger partial charge >= 0.3 is 0 Å². The minimum Gasteiger partial charge on any atom is -0.0654 e. The molecule has 0 aromatic rings. The molecule has 0 heteroatoms. The average Bonchev–Trinajstić information content (AvgIpc) is 3.30. The molecule has 0 radical (unpaired) electrons. The van der Waals surface area contributed by atoms with Crippen molar-refractivity contribution >= 4 is 0 Å². The van der Waals surface area contributed by atoms with Crippen LogP contribution in [0, 0.1) is 29.6 Å². The highest BCUT2D eigenvalue weighted by atomic mass is 14.4. The zero-order valence-electron chi connectivity index (χ0n) is 20.2. The van der Waals surface area contributed by atoms with Crippen LogP contribution in [0.2, 0.25) is 0 Å². The summed E-state index contributed by atoms with van der Waals surface area (Å²) >= 11 is 0. The van der Waals surface area contributed by atoms with Crippen LogP contribution in [0.5, 0.6) is 0 Å². The second-order valence-electron chi connectivity index (χ2n) is 11.5. The Hall–Kier alpha value is 0. The molecule has 4 rings (SSSR count). The summed E-state index contributed by atoms with van der Waals surface area (Å²) in [5.41, 5.74) is 0. The Morgan fingerprint density at radius 3 is 1.24 bits per heavy atom. The van der Waals surface area contributed by atoms with E-state index in [1.807, 2.05) is 0 Å². The molecule has 4 fully saturated rings. The molecule has 2 atom stereocenters. The van der Waals surface area contributed by atoms with E-state index in [1.165, 1.54) is 103 Å². The summed E-state index contributed by atoms with van der Waals surface area (Å²) in [6, 6.07) is 0. The van der Waals surface area contributed by atoms with Gasteiger partial charge in [0.1, 0.15) is 0 Å². The van der Waals surface area contributed by atoms with Crippen molar-refractivity contribution in [3.63, 3.8) is 0 Å². The van der Waals surface area contributed by atoms with Crippen molar-refractivity contribution in [3.8, 4) is 0 Å². The molecule has 0 nitrogen and oxygen atoms in total. The van der Waals surface area contributed by atoms with Gasteiger partial charge in [0.2, 0.25) is 0 Å². The summed E-state index contributed by atoms with van der Waals surface area (Å²) in [6.07, 6.45) is 35.3. The van der Waals surface area contributed by atoms with E-state index in [1.54, 1.807) is 44.9 Å². The molecule has 0 N–H and O–H groups in total. The van der Waals surface area contributed by atoms with E-state index < -0.39 is 0 Å². The van der Waals surface area contributed by atoms with Crippen LogP contribution < -0.4 is 0 Å². The monoisotopic (exact) mass is 402 g/mol. The Kier molecular flexibility index (Phi) is 11.5. The highest BCUT2D eigenvalue weighted by molar-refractivity contribution is 4.85. The first-order valence-electron chi connectivity index (χ1n) is 14.4. The first-order valence-corrected chi connectivity index (χ1v) is 14.4. The van der Waals surface area contributed by atoms with E-state index in [0.717, 1.165) is 29.6 Å². The lowest BCUT2D eigenvalue weighted by Gasteiger charge is -2.29. The van der Waals surface area contributed by atoms with E-state index in [-0.39, 0.29) is 0 Å². The molecule has 4 aliphatic carbocycles. The molecule has 29 heavy (non-hydrogen) atoms. The molecule has 0 bridgehead atoms. The standard InChI is InChI=1S/C20H36.C9H18/c1-2-4-7-11-17(10-6-3-1)19-14-15-20(16-19)18-12-8-5-9-13-18;1-2-6-9-7-4-3-5-8-9/h17-20H,1-16H2;9H,2-8H2,1H3. The third-order valence-corrected chi connectivity index (χ3v) is 9.32. The molecule has 170 valence electrons. The third-order valence-electron chi connectivity index (χ3n) is 9.32. The highest BCUT2D eigenvalue weighted by Gasteiger charge is 2.34. The first kappa shape index (κ1) is 23.7. The maximum absolute atomic E-state index is 2.30. The quantitative estimate of drug-likeness (QED) is 0.438. The summed E-state index contributed by atoms with van der Waals surface area (Å²) in [6.45, 7) is 2.30. The molecule has 0 spiro atoms. The van der Waals surface area contributed by atoms with Gasteiger partial charge in [0.05, 0.1) is 0 Å². The van der Waals surface area contributed by atoms with Crippen LogP contribution in [0.25, 0.3) is 0 Å². The maximum Gasteiger partial charge on any atom is -0.0383 e. The van der Waals surface area contributed by atoms with Crippen molar-refractivity contribution in [2.24, 2.45) is 29.6 Å². The topological polar surface area (TPSA) is 0 Å². The van der Waals surface area contributed by atoms with Crippen molar-refractivity contribution in [1.29, 1.82) is 0 Å². The van der Waals surface area contributed by atoms with E-state index in [0.29, 0.717) is 0 Å². The Morgan fingerprint density at radius 2 is 0.793 bits per heavy atom. The number of hydrogen-bond donors (Lipinski definition) is 0. The minimum atomic E-state index is 1.10. The van der Waals surface area contributed by atoms with Crippen LogP contribution >= 0.6 is 0 Å². The van der Waals surface area contributed by atoms with Crippen LogP contribution in [-0.2, 0) is 0 Å². The van der Waals surface area contributed by atoms with Crippen LogP contribution in [0.1, 0.15) is 155 Å². The van der Waals surface area contributed by atoms with Crippen LogP contribution in [0.15, 0.2) is 0 Å². The molecule has 0 aromatic carbocycles. The van der Waals surface area contributed by atoms with Gasteiger partial charge in [0, 0.05) is 0 Å². The zero-order chi connectivity index (χ0) is 20.2. The van der Waals surface area contributed by atoms with Gasteiger partial charge in [-0.25, -0.2) is 0 Å². The van der Waals surface area contributed by atoms with Gasteiger partial charge < -0.3 is 0 Å². The van der Waals surface area contributed by atoms with Crippen molar-refractivity contribution in [3.05, 3.63) is 0 Å². The van der Waals surface area contributed by atoms with Crippen molar-refractivity contribution < 1.29 is 0 Å². The highest BCUT2D eigenvalue weighted by Crippen LogP contribution is 2.46. The predicted octanol–water partition coefficient (Wildman–Crippen LogP) is 10.1. The van der Waals surface area contributed by atoms with Crippen molar-refractivity contribution in [2.45, 2.75) is 155 Å². The second kappa shape index (κ2) is 14.1. The largest absolute Gasteiger partial charge is 0.0654 e. The van der Waals surface area contributed by atoms with E-state index in [4.69, 9.17) is 0 Å². The lowest BCUT2D eigenvalue weighted by molar-refractivity contribution is 0.226. The van der Waals surface area contributed by atoms with E-state index in [2.05, 4.69) is 6.92 Å². The average molecular weight is 403 g/mol. The third kappa shape index (κ3) is 8.57. The molecular formula is C29H54. The fourth-order valence-corrected chi connectivity index (χ4v) is 7.53. The molecule has 4 saturated carbocycles. The lowest BCUT2D eigenvalue weighted by atomic mass is 9.77. The summed E-state index contributed by atoms with van der Waals surface area (Å²) in [7, 11) is 0. The fourth-order valence-electron chi connectivity index (χ4n) is 7.53. The van der Waals surface area contributed by atoms with Gasteiger partial charge in [-0.2, -0.15) is 0 Å². The fraction of sp³-hybridized carbons (Fsp3) is 1.00. The molecule has 2 unspecified atom stereocenters. The Morgan fingerprint density at radius 1 is 0.414 bits per heavy atom. The van der Waals surface area contributed by atoms with Crippen LogP contribution in [-0.4, -0.2) is 0 Å². The van der Waals surface area contributed by atoms with Crippen LogP contribution in [0.4, 0.5) is 0 Å².